The van der Waals surface area contributed by atoms with E-state index in [4.69, 9.17) is 4.74 Å². The van der Waals surface area contributed by atoms with Crippen molar-refractivity contribution in [1.82, 2.24) is 5.32 Å². The topological polar surface area (TPSA) is 21.3 Å². The fourth-order valence-corrected chi connectivity index (χ4v) is 2.77. The van der Waals surface area contributed by atoms with Gasteiger partial charge in [-0.1, -0.05) is 58.1 Å². The Kier molecular flexibility index (Phi) is 7.08. The van der Waals surface area contributed by atoms with Crippen molar-refractivity contribution in [3.63, 3.8) is 0 Å². The average Bonchev–Trinajstić information content (AvgIpc) is 3.30. The fourth-order valence-electron chi connectivity index (χ4n) is 2.77. The van der Waals surface area contributed by atoms with Crippen LogP contribution in [0.15, 0.2) is 24.3 Å². The third-order valence-corrected chi connectivity index (χ3v) is 4.13. The number of hydrogen-bond acceptors (Lipinski definition) is 2. The van der Waals surface area contributed by atoms with Gasteiger partial charge in [0.1, 0.15) is 5.75 Å². The Balaban J connectivity index is 1.86. The maximum Gasteiger partial charge on any atom is 0.120 e. The molecular weight excluding hydrogens is 258 g/mol. The van der Waals surface area contributed by atoms with Crippen molar-refractivity contribution in [3.05, 3.63) is 29.8 Å². The lowest BCUT2D eigenvalue weighted by Gasteiger charge is -2.19. The summed E-state index contributed by atoms with van der Waals surface area (Å²) in [6.07, 6.45) is 10.9. The van der Waals surface area contributed by atoms with E-state index < -0.39 is 0 Å². The summed E-state index contributed by atoms with van der Waals surface area (Å²) in [5.41, 5.74) is 1.38. The third kappa shape index (κ3) is 6.09. The van der Waals surface area contributed by atoms with Crippen molar-refractivity contribution >= 4 is 0 Å². The van der Waals surface area contributed by atoms with Gasteiger partial charge in [0.2, 0.25) is 0 Å². The van der Waals surface area contributed by atoms with E-state index in [2.05, 4.69) is 43.4 Å². The van der Waals surface area contributed by atoms with Crippen LogP contribution in [0.1, 0.15) is 76.8 Å². The quantitative estimate of drug-likeness (QED) is 0.563. The zero-order chi connectivity index (χ0) is 14.9. The second-order valence-corrected chi connectivity index (χ2v) is 6.20. The summed E-state index contributed by atoms with van der Waals surface area (Å²) in [7, 11) is 0. The molecule has 1 aliphatic rings. The predicted molar refractivity (Wildman–Crippen MR) is 89.9 cm³/mol. The van der Waals surface area contributed by atoms with Crippen LogP contribution in [-0.2, 0) is 0 Å². The van der Waals surface area contributed by atoms with Crippen LogP contribution in [0.25, 0.3) is 0 Å². The minimum atomic E-state index is 0.472. The van der Waals surface area contributed by atoms with Gasteiger partial charge in [-0.05, 0) is 43.5 Å². The molecule has 1 saturated carbocycles. The first-order valence-corrected chi connectivity index (χ1v) is 8.83. The molecule has 1 unspecified atom stereocenters. The number of benzene rings is 1. The second kappa shape index (κ2) is 9.09. The molecule has 118 valence electrons. The third-order valence-electron chi connectivity index (χ3n) is 4.13. The van der Waals surface area contributed by atoms with Gasteiger partial charge in [0.25, 0.3) is 0 Å². The van der Waals surface area contributed by atoms with Gasteiger partial charge in [-0.3, -0.25) is 0 Å². The van der Waals surface area contributed by atoms with Crippen molar-refractivity contribution in [2.75, 3.05) is 6.54 Å². The normalized spacial score (nSPS) is 15.9. The van der Waals surface area contributed by atoms with Crippen LogP contribution in [0.3, 0.4) is 0 Å². The minimum absolute atomic E-state index is 0.472. The molecule has 0 bridgehead atoms. The number of nitrogens with one attached hydrogen (secondary N) is 1. The van der Waals surface area contributed by atoms with Crippen LogP contribution in [0.2, 0.25) is 0 Å². The van der Waals surface area contributed by atoms with E-state index in [0.29, 0.717) is 12.1 Å². The largest absolute Gasteiger partial charge is 0.490 e. The summed E-state index contributed by atoms with van der Waals surface area (Å²) >= 11 is 0. The molecule has 1 atom stereocenters. The van der Waals surface area contributed by atoms with Crippen LogP contribution in [0, 0.1) is 0 Å². The number of hydrogen-bond donors (Lipinski definition) is 1. The zero-order valence-corrected chi connectivity index (χ0v) is 13.7. The van der Waals surface area contributed by atoms with E-state index >= 15 is 0 Å². The monoisotopic (exact) mass is 289 g/mol. The lowest BCUT2D eigenvalue weighted by atomic mass is 9.99. The number of unbranched alkanes of at least 4 members (excludes halogenated alkanes) is 4. The Morgan fingerprint density at radius 2 is 1.95 bits per heavy atom. The second-order valence-electron chi connectivity index (χ2n) is 6.20. The highest BCUT2D eigenvalue weighted by atomic mass is 16.5. The highest BCUT2D eigenvalue weighted by Crippen LogP contribution is 2.29. The summed E-state index contributed by atoms with van der Waals surface area (Å²) in [6.45, 7) is 5.48. The van der Waals surface area contributed by atoms with Crippen LogP contribution >= 0.6 is 0 Å². The molecule has 0 aromatic heterocycles. The summed E-state index contributed by atoms with van der Waals surface area (Å²) in [5.74, 6) is 1.05. The van der Waals surface area contributed by atoms with E-state index in [0.717, 1.165) is 12.3 Å². The molecule has 21 heavy (non-hydrogen) atoms. The Labute approximate surface area is 130 Å². The molecule has 0 heterocycles. The van der Waals surface area contributed by atoms with E-state index in [1.54, 1.807) is 0 Å². The molecule has 2 nitrogen and oxygen atoms in total. The molecule has 2 heteroatoms. The van der Waals surface area contributed by atoms with Crippen LogP contribution in [0.5, 0.6) is 5.75 Å². The molecule has 1 N–H and O–H groups in total. The maximum atomic E-state index is 5.92. The zero-order valence-electron chi connectivity index (χ0n) is 13.7. The first kappa shape index (κ1) is 16.4. The van der Waals surface area contributed by atoms with E-state index in [-0.39, 0.29) is 0 Å². The summed E-state index contributed by atoms with van der Waals surface area (Å²) < 4.78 is 5.92. The molecule has 0 spiro atoms. The molecule has 1 aromatic carbocycles. The van der Waals surface area contributed by atoms with Gasteiger partial charge in [0.15, 0.2) is 0 Å². The molecule has 0 amide bonds. The Morgan fingerprint density at radius 1 is 1.14 bits per heavy atom. The first-order chi connectivity index (χ1) is 10.3. The summed E-state index contributed by atoms with van der Waals surface area (Å²) in [6, 6.07) is 9.16. The van der Waals surface area contributed by atoms with Crippen molar-refractivity contribution < 1.29 is 4.74 Å². The Bertz CT molecular complexity index is 400. The van der Waals surface area contributed by atoms with Gasteiger partial charge in [0, 0.05) is 6.04 Å². The van der Waals surface area contributed by atoms with Crippen molar-refractivity contribution in [3.8, 4) is 5.75 Å². The van der Waals surface area contributed by atoms with Crippen molar-refractivity contribution in [1.29, 1.82) is 0 Å². The van der Waals surface area contributed by atoms with Crippen molar-refractivity contribution in [2.45, 2.75) is 77.4 Å². The molecule has 2 rings (SSSR count). The molecular formula is C19H31NO. The van der Waals surface area contributed by atoms with E-state index in [9.17, 15) is 0 Å². The van der Waals surface area contributed by atoms with Gasteiger partial charge < -0.3 is 10.1 Å². The summed E-state index contributed by atoms with van der Waals surface area (Å²) in [4.78, 5) is 0. The number of rotatable bonds is 11. The molecule has 1 aliphatic carbocycles. The molecule has 0 saturated heterocycles. The highest BCUT2D eigenvalue weighted by molar-refractivity contribution is 5.31. The standard InChI is InChI=1S/C19H31NO/c1-3-5-6-7-8-12-19(20-4-2)16-10-9-11-18(15-16)21-17-13-14-17/h9-11,15,17,19-20H,3-8,12-14H2,1-2H3. The SMILES string of the molecule is CCCCCCCC(NCC)c1cccc(OC2CC2)c1. The Morgan fingerprint density at radius 3 is 2.67 bits per heavy atom. The number of ether oxygens (including phenoxy) is 1. The average molecular weight is 289 g/mol. The van der Waals surface area contributed by atoms with E-state index in [1.807, 2.05) is 0 Å². The van der Waals surface area contributed by atoms with Gasteiger partial charge in [-0.2, -0.15) is 0 Å². The smallest absolute Gasteiger partial charge is 0.120 e. The predicted octanol–water partition coefficient (Wildman–Crippen LogP) is 5.24. The lowest BCUT2D eigenvalue weighted by molar-refractivity contribution is 0.302. The Hall–Kier alpha value is -1.02. The van der Waals surface area contributed by atoms with E-state index in [1.165, 1.54) is 56.9 Å². The molecule has 0 radical (unpaired) electrons. The first-order valence-electron chi connectivity index (χ1n) is 8.83. The fraction of sp³-hybridized carbons (Fsp3) is 0.684. The summed E-state index contributed by atoms with van der Waals surface area (Å²) in [5, 5.41) is 3.63. The van der Waals surface area contributed by atoms with Gasteiger partial charge >= 0.3 is 0 Å². The van der Waals surface area contributed by atoms with Gasteiger partial charge in [0.05, 0.1) is 6.10 Å². The van der Waals surface area contributed by atoms with Crippen LogP contribution in [0.4, 0.5) is 0 Å². The lowest BCUT2D eigenvalue weighted by Crippen LogP contribution is -2.20. The molecule has 1 aromatic rings. The molecule has 0 aliphatic heterocycles. The maximum absolute atomic E-state index is 5.92. The van der Waals surface area contributed by atoms with Crippen LogP contribution in [-0.4, -0.2) is 12.6 Å². The highest BCUT2D eigenvalue weighted by Gasteiger charge is 2.23. The minimum Gasteiger partial charge on any atom is -0.490 e. The van der Waals surface area contributed by atoms with Gasteiger partial charge in [-0.25, -0.2) is 0 Å². The molecule has 1 fully saturated rings. The van der Waals surface area contributed by atoms with Crippen molar-refractivity contribution in [2.24, 2.45) is 0 Å². The van der Waals surface area contributed by atoms with Gasteiger partial charge in [-0.15, -0.1) is 0 Å². The van der Waals surface area contributed by atoms with Crippen LogP contribution < -0.4 is 10.1 Å².